The lowest BCUT2D eigenvalue weighted by Crippen LogP contribution is -2.26. The number of nitrogens with zero attached hydrogens (tertiary/aromatic N) is 1. The van der Waals surface area contributed by atoms with Gasteiger partial charge in [-0.2, -0.15) is 0 Å². The molecular weight excluding hydrogens is 216 g/mol. The van der Waals surface area contributed by atoms with Crippen molar-refractivity contribution < 1.29 is 9.90 Å². The van der Waals surface area contributed by atoms with E-state index >= 15 is 0 Å². The molecule has 1 aromatic heterocycles. The molecule has 0 fully saturated rings. The highest BCUT2D eigenvalue weighted by Crippen LogP contribution is 2.23. The van der Waals surface area contributed by atoms with Crippen molar-refractivity contribution in [3.8, 4) is 0 Å². The van der Waals surface area contributed by atoms with Crippen LogP contribution in [0.1, 0.15) is 25.2 Å². The zero-order valence-electron chi connectivity index (χ0n) is 10.2. The number of H-pyrrole nitrogens is 1. The number of aromatic nitrogens is 2. The number of fused-ring (bicyclic) bond motifs is 1. The van der Waals surface area contributed by atoms with Crippen LogP contribution in [0.15, 0.2) is 18.2 Å². The highest BCUT2D eigenvalue weighted by molar-refractivity contribution is 5.79. The number of carbonyl (C=O) groups is 1. The third-order valence-electron chi connectivity index (χ3n) is 2.95. The summed E-state index contributed by atoms with van der Waals surface area (Å²) in [5.41, 5.74) is 2.17. The Kier molecular flexibility index (Phi) is 2.65. The summed E-state index contributed by atoms with van der Waals surface area (Å²) >= 11 is 0. The number of carboxylic acid groups (broad SMARTS) is 1. The van der Waals surface area contributed by atoms with E-state index in [1.165, 1.54) is 0 Å². The maximum Gasteiger partial charge on any atom is 0.309 e. The fourth-order valence-electron chi connectivity index (χ4n) is 1.80. The lowest BCUT2D eigenvalue weighted by molar-refractivity contribution is -0.146. The standard InChI is InChI=1S/C13H16N2O2/c1-8-5-4-6-9-11(8)15-10(14-9)7-13(2,3)12(16)17/h4-6H,7H2,1-3H3,(H,14,15)(H,16,17). The van der Waals surface area contributed by atoms with E-state index in [4.69, 9.17) is 5.11 Å². The molecule has 0 aliphatic carbocycles. The molecule has 0 bridgehead atoms. The van der Waals surface area contributed by atoms with Crippen LogP contribution in [-0.2, 0) is 11.2 Å². The number of para-hydroxylation sites is 1. The molecule has 0 saturated heterocycles. The number of hydrogen-bond donors (Lipinski definition) is 2. The normalized spacial score (nSPS) is 11.9. The molecule has 0 radical (unpaired) electrons. The van der Waals surface area contributed by atoms with E-state index < -0.39 is 11.4 Å². The summed E-state index contributed by atoms with van der Waals surface area (Å²) in [7, 11) is 0. The summed E-state index contributed by atoms with van der Waals surface area (Å²) in [5, 5.41) is 9.09. The Morgan fingerprint density at radius 1 is 1.47 bits per heavy atom. The van der Waals surface area contributed by atoms with Crippen molar-refractivity contribution in [2.24, 2.45) is 5.41 Å². The highest BCUT2D eigenvalue weighted by Gasteiger charge is 2.28. The second-order valence-electron chi connectivity index (χ2n) is 5.02. The lowest BCUT2D eigenvalue weighted by Gasteiger charge is -2.16. The van der Waals surface area contributed by atoms with E-state index in [0.29, 0.717) is 6.42 Å². The van der Waals surface area contributed by atoms with Crippen LogP contribution in [0.2, 0.25) is 0 Å². The molecule has 2 N–H and O–H groups in total. The van der Waals surface area contributed by atoms with E-state index in [2.05, 4.69) is 9.97 Å². The molecule has 4 heteroatoms. The summed E-state index contributed by atoms with van der Waals surface area (Å²) in [6, 6.07) is 5.91. The topological polar surface area (TPSA) is 66.0 Å². The number of carboxylic acids is 1. The Hall–Kier alpha value is -1.84. The van der Waals surface area contributed by atoms with E-state index in [1.807, 2.05) is 25.1 Å². The molecule has 0 spiro atoms. The van der Waals surface area contributed by atoms with Gasteiger partial charge >= 0.3 is 5.97 Å². The largest absolute Gasteiger partial charge is 0.481 e. The predicted octanol–water partition coefficient (Wildman–Crippen LogP) is 2.52. The van der Waals surface area contributed by atoms with E-state index in [9.17, 15) is 4.79 Å². The fraction of sp³-hybridized carbons (Fsp3) is 0.385. The molecule has 17 heavy (non-hydrogen) atoms. The number of benzene rings is 1. The molecule has 1 heterocycles. The molecule has 90 valence electrons. The number of aryl methyl sites for hydroxylation is 1. The third kappa shape index (κ3) is 2.16. The average molecular weight is 232 g/mol. The van der Waals surface area contributed by atoms with Crippen molar-refractivity contribution in [3.05, 3.63) is 29.6 Å². The van der Waals surface area contributed by atoms with Gasteiger partial charge in [-0.05, 0) is 32.4 Å². The molecule has 2 aromatic rings. The SMILES string of the molecule is Cc1cccc2[nH]c(CC(C)(C)C(=O)O)nc12. The van der Waals surface area contributed by atoms with Gasteiger partial charge in [0.1, 0.15) is 5.82 Å². The minimum absolute atomic E-state index is 0.399. The van der Waals surface area contributed by atoms with Crippen molar-refractivity contribution in [2.45, 2.75) is 27.2 Å². The first-order valence-electron chi connectivity index (χ1n) is 5.58. The van der Waals surface area contributed by atoms with Crippen molar-refractivity contribution in [1.29, 1.82) is 0 Å². The van der Waals surface area contributed by atoms with Crippen molar-refractivity contribution in [1.82, 2.24) is 9.97 Å². The van der Waals surface area contributed by atoms with Gasteiger partial charge in [0, 0.05) is 6.42 Å². The van der Waals surface area contributed by atoms with Gasteiger partial charge in [0.2, 0.25) is 0 Å². The Morgan fingerprint density at radius 3 is 2.76 bits per heavy atom. The summed E-state index contributed by atoms with van der Waals surface area (Å²) in [4.78, 5) is 18.7. The predicted molar refractivity (Wildman–Crippen MR) is 66.0 cm³/mol. The van der Waals surface area contributed by atoms with Gasteiger partial charge in [-0.25, -0.2) is 4.98 Å². The van der Waals surface area contributed by atoms with Gasteiger partial charge in [0.25, 0.3) is 0 Å². The quantitative estimate of drug-likeness (QED) is 0.854. The molecule has 0 atom stereocenters. The molecule has 0 amide bonds. The molecule has 2 rings (SSSR count). The van der Waals surface area contributed by atoms with E-state index in [0.717, 1.165) is 22.4 Å². The first kappa shape index (κ1) is 11.6. The lowest BCUT2D eigenvalue weighted by atomic mass is 9.89. The second kappa shape index (κ2) is 3.87. The van der Waals surface area contributed by atoms with Crippen LogP contribution in [0.4, 0.5) is 0 Å². The van der Waals surface area contributed by atoms with Crippen LogP contribution in [0, 0.1) is 12.3 Å². The highest BCUT2D eigenvalue weighted by atomic mass is 16.4. The van der Waals surface area contributed by atoms with Crippen molar-refractivity contribution >= 4 is 17.0 Å². The Balaban J connectivity index is 2.38. The van der Waals surface area contributed by atoms with Gasteiger partial charge in [-0.3, -0.25) is 4.79 Å². The summed E-state index contributed by atoms with van der Waals surface area (Å²) < 4.78 is 0. The van der Waals surface area contributed by atoms with Gasteiger partial charge in [-0.15, -0.1) is 0 Å². The number of imidazole rings is 1. The zero-order valence-corrected chi connectivity index (χ0v) is 10.2. The maximum absolute atomic E-state index is 11.1. The van der Waals surface area contributed by atoms with Crippen LogP contribution in [-0.4, -0.2) is 21.0 Å². The average Bonchev–Trinajstić information content (AvgIpc) is 2.60. The molecule has 0 unspecified atom stereocenters. The molecule has 0 saturated carbocycles. The Bertz CT molecular complexity index is 570. The van der Waals surface area contributed by atoms with Crippen LogP contribution in [0.25, 0.3) is 11.0 Å². The smallest absolute Gasteiger partial charge is 0.309 e. The van der Waals surface area contributed by atoms with Gasteiger partial charge < -0.3 is 10.1 Å². The van der Waals surface area contributed by atoms with Crippen LogP contribution in [0.5, 0.6) is 0 Å². The first-order chi connectivity index (χ1) is 7.90. The van der Waals surface area contributed by atoms with E-state index in [-0.39, 0.29) is 0 Å². The van der Waals surface area contributed by atoms with Gasteiger partial charge in [0.15, 0.2) is 0 Å². The van der Waals surface area contributed by atoms with Crippen LogP contribution in [0.3, 0.4) is 0 Å². The van der Waals surface area contributed by atoms with Crippen LogP contribution < -0.4 is 0 Å². The minimum Gasteiger partial charge on any atom is -0.481 e. The zero-order chi connectivity index (χ0) is 12.6. The molecule has 0 aliphatic heterocycles. The molecule has 0 aliphatic rings. The van der Waals surface area contributed by atoms with Crippen molar-refractivity contribution in [2.75, 3.05) is 0 Å². The summed E-state index contributed by atoms with van der Waals surface area (Å²) in [6.07, 6.45) is 0.399. The number of aliphatic carboxylic acids is 1. The number of aromatic amines is 1. The third-order valence-corrected chi connectivity index (χ3v) is 2.95. The Morgan fingerprint density at radius 2 is 2.18 bits per heavy atom. The van der Waals surface area contributed by atoms with E-state index in [1.54, 1.807) is 13.8 Å². The first-order valence-corrected chi connectivity index (χ1v) is 5.58. The summed E-state index contributed by atoms with van der Waals surface area (Å²) in [5.74, 6) is -0.0867. The van der Waals surface area contributed by atoms with Crippen LogP contribution >= 0.6 is 0 Å². The number of hydrogen-bond acceptors (Lipinski definition) is 2. The number of nitrogens with one attached hydrogen (secondary N) is 1. The second-order valence-corrected chi connectivity index (χ2v) is 5.02. The minimum atomic E-state index is -0.810. The molecular formula is C13H16N2O2. The summed E-state index contributed by atoms with van der Waals surface area (Å²) in [6.45, 7) is 5.40. The molecule has 1 aromatic carbocycles. The Labute approximate surface area is 99.7 Å². The van der Waals surface area contributed by atoms with Gasteiger partial charge in [-0.1, -0.05) is 12.1 Å². The molecule has 4 nitrogen and oxygen atoms in total. The fourth-order valence-corrected chi connectivity index (χ4v) is 1.80. The number of rotatable bonds is 3. The van der Waals surface area contributed by atoms with Gasteiger partial charge in [0.05, 0.1) is 16.4 Å². The monoisotopic (exact) mass is 232 g/mol. The maximum atomic E-state index is 11.1. The van der Waals surface area contributed by atoms with Crippen molar-refractivity contribution in [3.63, 3.8) is 0 Å².